The molecule has 0 unspecified atom stereocenters. The van der Waals surface area contributed by atoms with Crippen molar-refractivity contribution in [2.24, 2.45) is 5.73 Å². The lowest BCUT2D eigenvalue weighted by Crippen LogP contribution is -2.08. The Morgan fingerprint density at radius 2 is 2.07 bits per heavy atom. The van der Waals surface area contributed by atoms with Gasteiger partial charge in [-0.05, 0) is 5.56 Å². The predicted molar refractivity (Wildman–Crippen MR) is 63.7 cm³/mol. The van der Waals surface area contributed by atoms with E-state index in [0.29, 0.717) is 4.99 Å². The molecule has 76 valence electrons. The minimum Gasteiger partial charge on any atom is -0.389 e. The maximum atomic E-state index is 5.50. The number of nitrogens with two attached hydrogens (primary N) is 1. The summed E-state index contributed by atoms with van der Waals surface area (Å²) in [4.78, 5) is 0.384. The third kappa shape index (κ3) is 2.41. The van der Waals surface area contributed by atoms with Crippen LogP contribution in [0.25, 0.3) is 0 Å². The molecular weight excluding hydrogens is 206 g/mol. The van der Waals surface area contributed by atoms with Crippen molar-refractivity contribution >= 4 is 17.2 Å². The average molecular weight is 217 g/mol. The molecule has 1 aromatic heterocycles. The molecule has 0 atom stereocenters. The lowest BCUT2D eigenvalue weighted by molar-refractivity contribution is 0.687. The van der Waals surface area contributed by atoms with Crippen LogP contribution in [0, 0.1) is 0 Å². The minimum atomic E-state index is 0.384. The monoisotopic (exact) mass is 217 g/mol. The van der Waals surface area contributed by atoms with Gasteiger partial charge in [0.15, 0.2) is 0 Å². The number of hydrogen-bond donors (Lipinski definition) is 1. The zero-order valence-electron chi connectivity index (χ0n) is 8.13. The molecule has 1 aromatic carbocycles. The van der Waals surface area contributed by atoms with E-state index in [1.54, 1.807) is 6.20 Å². The van der Waals surface area contributed by atoms with E-state index in [0.717, 1.165) is 12.1 Å². The van der Waals surface area contributed by atoms with Gasteiger partial charge in [-0.15, -0.1) is 0 Å². The van der Waals surface area contributed by atoms with Crippen LogP contribution in [0.2, 0.25) is 0 Å². The molecule has 0 saturated carbocycles. The van der Waals surface area contributed by atoms with E-state index in [1.807, 2.05) is 29.1 Å². The van der Waals surface area contributed by atoms with E-state index in [4.69, 9.17) is 18.0 Å². The van der Waals surface area contributed by atoms with Gasteiger partial charge in [-0.25, -0.2) is 0 Å². The summed E-state index contributed by atoms with van der Waals surface area (Å²) < 4.78 is 1.82. The van der Waals surface area contributed by atoms with Gasteiger partial charge in [0.25, 0.3) is 0 Å². The van der Waals surface area contributed by atoms with Gasteiger partial charge in [0.1, 0.15) is 4.99 Å². The Kier molecular flexibility index (Phi) is 2.78. The van der Waals surface area contributed by atoms with E-state index >= 15 is 0 Å². The molecule has 0 fully saturated rings. The number of nitrogens with zero attached hydrogens (tertiary/aromatic N) is 2. The van der Waals surface area contributed by atoms with Gasteiger partial charge in [-0.3, -0.25) is 4.68 Å². The smallest absolute Gasteiger partial charge is 0.107 e. The largest absolute Gasteiger partial charge is 0.389 e. The van der Waals surface area contributed by atoms with E-state index in [2.05, 4.69) is 17.2 Å². The quantitative estimate of drug-likeness (QED) is 0.794. The molecule has 1 heterocycles. The highest BCUT2D eigenvalue weighted by atomic mass is 32.1. The van der Waals surface area contributed by atoms with Crippen LogP contribution in [0.4, 0.5) is 0 Å². The van der Waals surface area contributed by atoms with Gasteiger partial charge in [-0.2, -0.15) is 5.10 Å². The first-order valence-electron chi connectivity index (χ1n) is 4.62. The van der Waals surface area contributed by atoms with Crippen LogP contribution in [0.15, 0.2) is 42.7 Å². The maximum Gasteiger partial charge on any atom is 0.107 e. The Morgan fingerprint density at radius 1 is 1.33 bits per heavy atom. The Labute approximate surface area is 93.5 Å². The van der Waals surface area contributed by atoms with Crippen LogP contribution in [0.3, 0.4) is 0 Å². The molecule has 3 nitrogen and oxygen atoms in total. The second-order valence-corrected chi connectivity index (χ2v) is 3.72. The van der Waals surface area contributed by atoms with Crippen molar-refractivity contribution in [1.82, 2.24) is 9.78 Å². The summed E-state index contributed by atoms with van der Waals surface area (Å²) in [6, 6.07) is 10.1. The van der Waals surface area contributed by atoms with Crippen LogP contribution in [-0.2, 0) is 6.54 Å². The molecule has 4 heteroatoms. The van der Waals surface area contributed by atoms with Gasteiger partial charge >= 0.3 is 0 Å². The Balaban J connectivity index is 2.15. The maximum absolute atomic E-state index is 5.50. The van der Waals surface area contributed by atoms with Crippen molar-refractivity contribution in [3.8, 4) is 0 Å². The SMILES string of the molecule is NC(=S)c1cnn(Cc2ccccc2)c1. The van der Waals surface area contributed by atoms with Crippen LogP contribution in [-0.4, -0.2) is 14.8 Å². The summed E-state index contributed by atoms with van der Waals surface area (Å²) in [6.45, 7) is 0.740. The van der Waals surface area contributed by atoms with Crippen molar-refractivity contribution in [2.45, 2.75) is 6.54 Å². The topological polar surface area (TPSA) is 43.8 Å². The molecule has 0 aliphatic carbocycles. The van der Waals surface area contributed by atoms with E-state index in [1.165, 1.54) is 5.56 Å². The van der Waals surface area contributed by atoms with Crippen molar-refractivity contribution in [1.29, 1.82) is 0 Å². The van der Waals surface area contributed by atoms with Crippen LogP contribution >= 0.6 is 12.2 Å². The van der Waals surface area contributed by atoms with Crippen molar-refractivity contribution in [3.05, 3.63) is 53.9 Å². The highest BCUT2D eigenvalue weighted by Gasteiger charge is 2.00. The van der Waals surface area contributed by atoms with Crippen LogP contribution in [0.5, 0.6) is 0 Å². The zero-order valence-corrected chi connectivity index (χ0v) is 8.95. The van der Waals surface area contributed by atoms with Crippen LogP contribution < -0.4 is 5.73 Å². The minimum absolute atomic E-state index is 0.384. The van der Waals surface area contributed by atoms with Crippen molar-refractivity contribution in [2.75, 3.05) is 0 Å². The second kappa shape index (κ2) is 4.23. The first-order valence-corrected chi connectivity index (χ1v) is 5.03. The second-order valence-electron chi connectivity index (χ2n) is 3.28. The van der Waals surface area contributed by atoms with E-state index < -0.39 is 0 Å². The number of hydrogen-bond acceptors (Lipinski definition) is 2. The highest BCUT2D eigenvalue weighted by Crippen LogP contribution is 2.03. The van der Waals surface area contributed by atoms with E-state index in [-0.39, 0.29) is 0 Å². The fourth-order valence-electron chi connectivity index (χ4n) is 1.35. The molecule has 0 radical (unpaired) electrons. The average Bonchev–Trinajstić information content (AvgIpc) is 2.68. The molecule has 0 bridgehead atoms. The number of thiocarbonyl (C=S) groups is 1. The zero-order chi connectivity index (χ0) is 10.7. The normalized spacial score (nSPS) is 10.1. The van der Waals surface area contributed by atoms with Gasteiger partial charge in [0.2, 0.25) is 0 Å². The Bertz CT molecular complexity index is 462. The van der Waals surface area contributed by atoms with Gasteiger partial charge in [-0.1, -0.05) is 42.5 Å². The number of aromatic nitrogens is 2. The molecular formula is C11H11N3S. The first-order chi connectivity index (χ1) is 7.25. The lowest BCUT2D eigenvalue weighted by atomic mass is 10.2. The fraction of sp³-hybridized carbons (Fsp3) is 0.0909. The molecule has 0 aliphatic rings. The summed E-state index contributed by atoms with van der Waals surface area (Å²) in [7, 11) is 0. The van der Waals surface area contributed by atoms with Gasteiger partial charge in [0, 0.05) is 11.8 Å². The van der Waals surface area contributed by atoms with Crippen molar-refractivity contribution in [3.63, 3.8) is 0 Å². The van der Waals surface area contributed by atoms with Crippen molar-refractivity contribution < 1.29 is 0 Å². The molecule has 0 aliphatic heterocycles. The first kappa shape index (κ1) is 9.86. The predicted octanol–water partition coefficient (Wildman–Crippen LogP) is 1.57. The summed E-state index contributed by atoms with van der Waals surface area (Å²) in [5, 5.41) is 4.18. The third-order valence-electron chi connectivity index (χ3n) is 2.11. The summed E-state index contributed by atoms with van der Waals surface area (Å²) in [5.74, 6) is 0. The fourth-order valence-corrected chi connectivity index (χ4v) is 1.45. The van der Waals surface area contributed by atoms with Crippen LogP contribution in [0.1, 0.15) is 11.1 Å². The van der Waals surface area contributed by atoms with Gasteiger partial charge in [0.05, 0.1) is 12.7 Å². The molecule has 0 spiro atoms. The lowest BCUT2D eigenvalue weighted by Gasteiger charge is -2.00. The Morgan fingerprint density at radius 3 is 2.67 bits per heavy atom. The Hall–Kier alpha value is -1.68. The molecule has 2 N–H and O–H groups in total. The number of rotatable bonds is 3. The molecule has 2 aromatic rings. The molecule has 0 saturated heterocycles. The standard InChI is InChI=1S/C11H11N3S/c12-11(15)10-6-13-14(8-10)7-9-4-2-1-3-5-9/h1-6,8H,7H2,(H2,12,15). The molecule has 2 rings (SSSR count). The van der Waals surface area contributed by atoms with Gasteiger partial charge < -0.3 is 5.73 Å². The number of benzene rings is 1. The third-order valence-corrected chi connectivity index (χ3v) is 2.34. The van der Waals surface area contributed by atoms with E-state index in [9.17, 15) is 0 Å². The molecule has 15 heavy (non-hydrogen) atoms. The summed E-state index contributed by atoms with van der Waals surface area (Å²) in [6.07, 6.45) is 3.54. The summed E-state index contributed by atoms with van der Waals surface area (Å²) >= 11 is 4.86. The summed E-state index contributed by atoms with van der Waals surface area (Å²) in [5.41, 5.74) is 7.51. The highest BCUT2D eigenvalue weighted by molar-refractivity contribution is 7.80. The molecule has 0 amide bonds.